The number of amides is 3. The van der Waals surface area contributed by atoms with Crippen molar-refractivity contribution < 1.29 is 23.5 Å². The number of likely N-dealkylation sites (tertiary alicyclic amines) is 1. The van der Waals surface area contributed by atoms with Gasteiger partial charge in [0.25, 0.3) is 5.91 Å². The van der Waals surface area contributed by atoms with Crippen molar-refractivity contribution in [1.29, 1.82) is 0 Å². The van der Waals surface area contributed by atoms with Gasteiger partial charge in [0.2, 0.25) is 18.0 Å². The van der Waals surface area contributed by atoms with Gasteiger partial charge in [-0.05, 0) is 72.5 Å². The summed E-state index contributed by atoms with van der Waals surface area (Å²) in [6.45, 7) is 3.69. The van der Waals surface area contributed by atoms with Crippen LogP contribution in [-0.2, 0) is 25.7 Å². The Labute approximate surface area is 294 Å². The molecule has 3 atom stereocenters. The average Bonchev–Trinajstić information content (AvgIpc) is 3.78. The van der Waals surface area contributed by atoms with Gasteiger partial charge >= 0.3 is 0 Å². The SMILES string of the molecule is O=C(Nc1ccc(C2SC(=Nc3ccc(N4CCOCC4)cc3)N(Cc3ccccn3)C2=O)cc1)[C@@H]1CCCN1C(=O)C(F)c1ccccc1. The van der Waals surface area contributed by atoms with Crippen LogP contribution < -0.4 is 10.2 Å². The minimum Gasteiger partial charge on any atom is -0.378 e. The van der Waals surface area contributed by atoms with E-state index in [-0.39, 0.29) is 23.9 Å². The van der Waals surface area contributed by atoms with Crippen molar-refractivity contribution >= 4 is 51.7 Å². The predicted molar refractivity (Wildman–Crippen MR) is 192 cm³/mol. The first-order valence-corrected chi connectivity index (χ1v) is 17.6. The third-order valence-corrected chi connectivity index (χ3v) is 10.3. The number of pyridine rings is 1. The molecule has 1 aromatic heterocycles. The Morgan fingerprint density at radius 2 is 1.68 bits per heavy atom. The number of carbonyl (C=O) groups is 3. The van der Waals surface area contributed by atoms with Gasteiger partial charge in [-0.2, -0.15) is 0 Å². The molecule has 0 bridgehead atoms. The number of aromatic nitrogens is 1. The summed E-state index contributed by atoms with van der Waals surface area (Å²) in [6, 6.07) is 28.2. The van der Waals surface area contributed by atoms with Crippen molar-refractivity contribution in [3.05, 3.63) is 120 Å². The minimum absolute atomic E-state index is 0.111. The van der Waals surface area contributed by atoms with Gasteiger partial charge in [-0.3, -0.25) is 24.3 Å². The van der Waals surface area contributed by atoms with E-state index in [0.717, 1.165) is 35.7 Å². The topological polar surface area (TPSA) is 107 Å². The first-order valence-electron chi connectivity index (χ1n) is 16.7. The number of ether oxygens (including phenoxy) is 1. The maximum atomic E-state index is 15.1. The van der Waals surface area contributed by atoms with Crippen molar-refractivity contribution in [2.45, 2.75) is 36.8 Å². The highest BCUT2D eigenvalue weighted by Crippen LogP contribution is 2.41. The molecule has 4 heterocycles. The summed E-state index contributed by atoms with van der Waals surface area (Å²) >= 11 is 1.38. The summed E-state index contributed by atoms with van der Waals surface area (Å²) in [7, 11) is 0. The van der Waals surface area contributed by atoms with Crippen LogP contribution in [0.25, 0.3) is 0 Å². The molecule has 0 spiro atoms. The van der Waals surface area contributed by atoms with E-state index in [2.05, 4.69) is 15.2 Å². The predicted octanol–water partition coefficient (Wildman–Crippen LogP) is 6.06. The second kappa shape index (κ2) is 15.2. The second-order valence-corrected chi connectivity index (χ2v) is 13.4. The second-order valence-electron chi connectivity index (χ2n) is 12.3. The van der Waals surface area contributed by atoms with Crippen molar-refractivity contribution in [2.24, 2.45) is 4.99 Å². The molecular weight excluding hydrogens is 656 g/mol. The molecule has 3 aliphatic heterocycles. The lowest BCUT2D eigenvalue weighted by atomic mass is 10.1. The third kappa shape index (κ3) is 7.41. The molecule has 2 unspecified atom stereocenters. The number of benzene rings is 3. The highest BCUT2D eigenvalue weighted by molar-refractivity contribution is 8.15. The molecule has 50 heavy (non-hydrogen) atoms. The highest BCUT2D eigenvalue weighted by atomic mass is 32.2. The van der Waals surface area contributed by atoms with Gasteiger partial charge in [-0.25, -0.2) is 9.38 Å². The monoisotopic (exact) mass is 692 g/mol. The maximum absolute atomic E-state index is 15.1. The number of thioether (sulfide) groups is 1. The Morgan fingerprint density at radius 3 is 2.40 bits per heavy atom. The Balaban J connectivity index is 1.05. The van der Waals surface area contributed by atoms with Crippen LogP contribution in [0.1, 0.15) is 41.1 Å². The van der Waals surface area contributed by atoms with Crippen LogP contribution in [0.2, 0.25) is 0 Å². The molecule has 10 nitrogen and oxygen atoms in total. The lowest BCUT2D eigenvalue weighted by Gasteiger charge is -2.28. The molecule has 3 aromatic carbocycles. The van der Waals surface area contributed by atoms with Crippen molar-refractivity contribution in [1.82, 2.24) is 14.8 Å². The summed E-state index contributed by atoms with van der Waals surface area (Å²) in [6.07, 6.45) is 0.941. The van der Waals surface area contributed by atoms with Crippen LogP contribution in [0.3, 0.4) is 0 Å². The molecule has 3 aliphatic rings. The number of amidine groups is 1. The number of morpholine rings is 1. The van der Waals surface area contributed by atoms with Gasteiger partial charge in [0, 0.05) is 37.2 Å². The summed E-state index contributed by atoms with van der Waals surface area (Å²) in [4.78, 5) is 54.8. The number of carbonyl (C=O) groups excluding carboxylic acids is 3. The van der Waals surface area contributed by atoms with Crippen LogP contribution in [-0.4, -0.2) is 76.6 Å². The van der Waals surface area contributed by atoms with Crippen LogP contribution in [0, 0.1) is 0 Å². The van der Waals surface area contributed by atoms with Gasteiger partial charge in [-0.1, -0.05) is 60.3 Å². The summed E-state index contributed by atoms with van der Waals surface area (Å²) in [5.74, 6) is -1.19. The summed E-state index contributed by atoms with van der Waals surface area (Å²) < 4.78 is 20.6. The molecule has 0 saturated carbocycles. The number of hydrogen-bond acceptors (Lipinski definition) is 8. The average molecular weight is 693 g/mol. The maximum Gasteiger partial charge on any atom is 0.262 e. The van der Waals surface area contributed by atoms with E-state index >= 15 is 4.39 Å². The number of anilines is 2. The van der Waals surface area contributed by atoms with Gasteiger partial charge in [-0.15, -0.1) is 0 Å². The third-order valence-electron chi connectivity index (χ3n) is 9.07. The molecule has 3 saturated heterocycles. The Kier molecular flexibility index (Phi) is 10.2. The van der Waals surface area contributed by atoms with Gasteiger partial charge in [0.1, 0.15) is 11.3 Å². The quantitative estimate of drug-likeness (QED) is 0.227. The Morgan fingerprint density at radius 1 is 0.940 bits per heavy atom. The standard InChI is InChI=1S/C38H37FN6O4S/c39-33(26-7-2-1-3-8-26)36(47)44-20-6-10-32(44)35(46)41-28-13-11-27(12-14-28)34-37(48)45(25-30-9-4-5-19-40-30)38(50-34)42-29-15-17-31(18-16-29)43-21-23-49-24-22-43/h1-5,7-9,11-19,32-34H,6,10,20-25H2,(H,41,46)/t32-,33?,34?/m0/s1. The molecule has 3 amide bonds. The van der Waals surface area contributed by atoms with Crippen molar-refractivity contribution in [3.63, 3.8) is 0 Å². The van der Waals surface area contributed by atoms with Crippen LogP contribution in [0.15, 0.2) is 108 Å². The Hall–Kier alpha value is -5.07. The van der Waals surface area contributed by atoms with Crippen molar-refractivity contribution in [2.75, 3.05) is 43.1 Å². The largest absolute Gasteiger partial charge is 0.378 e. The van der Waals surface area contributed by atoms with Crippen LogP contribution in [0.5, 0.6) is 0 Å². The number of alkyl halides is 1. The molecular formula is C38H37FN6O4S. The van der Waals surface area contributed by atoms with Crippen molar-refractivity contribution in [3.8, 4) is 0 Å². The lowest BCUT2D eigenvalue weighted by Crippen LogP contribution is -2.44. The zero-order valence-corrected chi connectivity index (χ0v) is 28.2. The highest BCUT2D eigenvalue weighted by Gasteiger charge is 2.40. The zero-order chi connectivity index (χ0) is 34.5. The van der Waals surface area contributed by atoms with Gasteiger partial charge in [0.15, 0.2) is 5.17 Å². The van der Waals surface area contributed by atoms with Gasteiger partial charge in [0.05, 0.1) is 31.1 Å². The van der Waals surface area contributed by atoms with E-state index in [0.29, 0.717) is 43.5 Å². The fraction of sp³-hybridized carbons (Fsp3) is 0.289. The normalized spacial score (nSPS) is 20.7. The van der Waals surface area contributed by atoms with Crippen LogP contribution in [0.4, 0.5) is 21.5 Å². The lowest BCUT2D eigenvalue weighted by molar-refractivity contribution is -0.141. The smallest absolute Gasteiger partial charge is 0.262 e. The molecule has 4 aromatic rings. The summed E-state index contributed by atoms with van der Waals surface area (Å²) in [5, 5.41) is 2.92. The van der Waals surface area contributed by atoms with E-state index < -0.39 is 23.4 Å². The molecule has 12 heteroatoms. The molecule has 0 aliphatic carbocycles. The zero-order valence-electron chi connectivity index (χ0n) is 27.4. The number of nitrogens with zero attached hydrogens (tertiary/aromatic N) is 5. The molecule has 7 rings (SSSR count). The number of rotatable bonds is 9. The first kappa shape index (κ1) is 33.4. The van der Waals surface area contributed by atoms with E-state index in [4.69, 9.17) is 9.73 Å². The van der Waals surface area contributed by atoms with Gasteiger partial charge < -0.3 is 19.9 Å². The fourth-order valence-electron chi connectivity index (χ4n) is 6.40. The molecule has 3 fully saturated rings. The Bertz CT molecular complexity index is 1840. The number of hydrogen-bond donors (Lipinski definition) is 1. The first-order chi connectivity index (χ1) is 24.4. The van der Waals surface area contributed by atoms with E-state index in [1.807, 2.05) is 54.6 Å². The minimum atomic E-state index is -1.83. The van der Waals surface area contributed by atoms with E-state index in [9.17, 15) is 14.4 Å². The summed E-state index contributed by atoms with van der Waals surface area (Å²) in [5.41, 5.74) is 4.15. The number of halogens is 1. The molecule has 256 valence electrons. The molecule has 0 radical (unpaired) electrons. The number of aliphatic imine (C=N–C) groups is 1. The fourth-order valence-corrected chi connectivity index (χ4v) is 7.57. The van der Waals surface area contributed by atoms with E-state index in [1.165, 1.54) is 16.7 Å². The van der Waals surface area contributed by atoms with E-state index in [1.54, 1.807) is 53.6 Å². The van der Waals surface area contributed by atoms with Crippen LogP contribution >= 0.6 is 11.8 Å². The molecule has 1 N–H and O–H groups in total. The number of nitrogens with one attached hydrogen (secondary N) is 1.